The standard InChI is InChI=1S/C17H24FN3/c1-10(2)21-15(19)14(20-16(21)17(4,5)6)12-9-11(3)7-8-13(12)18/h7-10H,19H2,1-6H3. The number of hydrogen-bond donors (Lipinski definition) is 1. The van der Waals surface area contributed by atoms with Gasteiger partial charge in [0.2, 0.25) is 0 Å². The molecule has 114 valence electrons. The summed E-state index contributed by atoms with van der Waals surface area (Å²) in [6.07, 6.45) is 0. The molecule has 0 amide bonds. The lowest BCUT2D eigenvalue weighted by molar-refractivity contribution is 0.473. The van der Waals surface area contributed by atoms with Gasteiger partial charge in [-0.2, -0.15) is 0 Å². The van der Waals surface area contributed by atoms with Crippen molar-refractivity contribution in [1.82, 2.24) is 9.55 Å². The molecule has 1 heterocycles. The lowest BCUT2D eigenvalue weighted by Crippen LogP contribution is -2.21. The van der Waals surface area contributed by atoms with Gasteiger partial charge in [0, 0.05) is 17.0 Å². The fourth-order valence-electron chi connectivity index (χ4n) is 2.52. The number of halogens is 1. The Morgan fingerprint density at radius 3 is 2.33 bits per heavy atom. The van der Waals surface area contributed by atoms with Crippen LogP contribution in [0, 0.1) is 12.7 Å². The van der Waals surface area contributed by atoms with Crippen LogP contribution >= 0.6 is 0 Å². The molecule has 0 atom stereocenters. The topological polar surface area (TPSA) is 43.8 Å². The van der Waals surface area contributed by atoms with Crippen molar-refractivity contribution in [2.45, 2.75) is 53.0 Å². The van der Waals surface area contributed by atoms with E-state index in [0.29, 0.717) is 17.1 Å². The van der Waals surface area contributed by atoms with E-state index in [-0.39, 0.29) is 17.3 Å². The van der Waals surface area contributed by atoms with Gasteiger partial charge in [-0.25, -0.2) is 9.37 Å². The first-order valence-corrected chi connectivity index (χ1v) is 7.27. The molecule has 21 heavy (non-hydrogen) atoms. The zero-order valence-electron chi connectivity index (χ0n) is 13.7. The van der Waals surface area contributed by atoms with Gasteiger partial charge in [-0.3, -0.25) is 0 Å². The minimum Gasteiger partial charge on any atom is -0.383 e. The first-order chi connectivity index (χ1) is 9.62. The summed E-state index contributed by atoms with van der Waals surface area (Å²) in [7, 11) is 0. The van der Waals surface area contributed by atoms with Crippen LogP contribution in [0.4, 0.5) is 10.2 Å². The van der Waals surface area contributed by atoms with Crippen LogP contribution in [0.15, 0.2) is 18.2 Å². The molecular weight excluding hydrogens is 265 g/mol. The maximum Gasteiger partial charge on any atom is 0.132 e. The molecule has 0 radical (unpaired) electrons. The second-order valence-corrected chi connectivity index (χ2v) is 6.87. The normalized spacial score (nSPS) is 12.2. The molecule has 0 saturated heterocycles. The van der Waals surface area contributed by atoms with Gasteiger partial charge >= 0.3 is 0 Å². The predicted molar refractivity (Wildman–Crippen MR) is 85.9 cm³/mol. The second kappa shape index (κ2) is 5.17. The Morgan fingerprint density at radius 1 is 1.24 bits per heavy atom. The number of aromatic nitrogens is 2. The van der Waals surface area contributed by atoms with Crippen molar-refractivity contribution in [3.05, 3.63) is 35.4 Å². The van der Waals surface area contributed by atoms with E-state index >= 15 is 0 Å². The summed E-state index contributed by atoms with van der Waals surface area (Å²) >= 11 is 0. The fourth-order valence-corrected chi connectivity index (χ4v) is 2.52. The van der Waals surface area contributed by atoms with E-state index in [1.165, 1.54) is 6.07 Å². The third-order valence-electron chi connectivity index (χ3n) is 3.51. The minimum absolute atomic E-state index is 0.156. The van der Waals surface area contributed by atoms with Crippen LogP contribution in [-0.4, -0.2) is 9.55 Å². The van der Waals surface area contributed by atoms with Crippen molar-refractivity contribution in [1.29, 1.82) is 0 Å². The first-order valence-electron chi connectivity index (χ1n) is 7.27. The molecule has 0 unspecified atom stereocenters. The van der Waals surface area contributed by atoms with Crippen LogP contribution in [0.25, 0.3) is 11.3 Å². The SMILES string of the molecule is Cc1ccc(F)c(-c2nc(C(C)(C)C)n(C(C)C)c2N)c1. The van der Waals surface area contributed by atoms with Gasteiger partial charge in [0.15, 0.2) is 0 Å². The molecule has 0 spiro atoms. The van der Waals surface area contributed by atoms with Gasteiger partial charge in [-0.05, 0) is 32.9 Å². The highest BCUT2D eigenvalue weighted by Gasteiger charge is 2.27. The minimum atomic E-state index is -0.291. The Bertz CT molecular complexity index is 663. The molecule has 0 aliphatic heterocycles. The summed E-state index contributed by atoms with van der Waals surface area (Å²) in [5.74, 6) is 1.12. The quantitative estimate of drug-likeness (QED) is 0.887. The monoisotopic (exact) mass is 289 g/mol. The number of nitrogens with two attached hydrogens (primary N) is 1. The van der Waals surface area contributed by atoms with Crippen LogP contribution in [0.1, 0.15) is 52.0 Å². The Hall–Kier alpha value is -1.84. The fraction of sp³-hybridized carbons (Fsp3) is 0.471. The highest BCUT2D eigenvalue weighted by Crippen LogP contribution is 2.35. The average molecular weight is 289 g/mol. The number of nitrogen functional groups attached to an aromatic ring is 1. The summed E-state index contributed by atoms with van der Waals surface area (Å²) in [4.78, 5) is 4.67. The highest BCUT2D eigenvalue weighted by molar-refractivity contribution is 5.72. The van der Waals surface area contributed by atoms with E-state index in [0.717, 1.165) is 11.4 Å². The van der Waals surface area contributed by atoms with E-state index in [4.69, 9.17) is 5.73 Å². The molecule has 0 aliphatic carbocycles. The number of imidazole rings is 1. The molecule has 1 aromatic heterocycles. The Kier molecular flexibility index (Phi) is 3.83. The Morgan fingerprint density at radius 2 is 1.86 bits per heavy atom. The summed E-state index contributed by atoms with van der Waals surface area (Å²) in [5.41, 5.74) is 8.13. The Labute approximate surface area is 126 Å². The van der Waals surface area contributed by atoms with Crippen LogP contribution in [0.5, 0.6) is 0 Å². The van der Waals surface area contributed by atoms with E-state index < -0.39 is 0 Å². The van der Waals surface area contributed by atoms with Gasteiger partial charge in [0.25, 0.3) is 0 Å². The summed E-state index contributed by atoms with van der Waals surface area (Å²) in [6.45, 7) is 12.3. The van der Waals surface area contributed by atoms with Crippen molar-refractivity contribution >= 4 is 5.82 Å². The van der Waals surface area contributed by atoms with Crippen LogP contribution in [0.3, 0.4) is 0 Å². The lowest BCUT2D eigenvalue weighted by atomic mass is 9.95. The number of benzene rings is 1. The van der Waals surface area contributed by atoms with Gasteiger partial charge in [-0.15, -0.1) is 0 Å². The molecule has 0 fully saturated rings. The number of hydrogen-bond acceptors (Lipinski definition) is 2. The van der Waals surface area contributed by atoms with Crippen LogP contribution in [0.2, 0.25) is 0 Å². The van der Waals surface area contributed by atoms with Crippen molar-refractivity contribution in [3.8, 4) is 11.3 Å². The summed E-state index contributed by atoms with van der Waals surface area (Å²) in [5, 5.41) is 0. The number of anilines is 1. The van der Waals surface area contributed by atoms with E-state index in [1.807, 2.05) is 11.5 Å². The van der Waals surface area contributed by atoms with Crippen molar-refractivity contribution in [3.63, 3.8) is 0 Å². The predicted octanol–water partition coefficient (Wildman–Crippen LogP) is 4.46. The molecule has 0 aliphatic rings. The zero-order chi connectivity index (χ0) is 15.9. The molecule has 1 aromatic carbocycles. The summed E-state index contributed by atoms with van der Waals surface area (Å²) in [6, 6.07) is 5.19. The molecule has 0 saturated carbocycles. The summed E-state index contributed by atoms with van der Waals surface area (Å²) < 4.78 is 16.2. The molecular formula is C17H24FN3. The number of aryl methyl sites for hydroxylation is 1. The molecule has 2 aromatic rings. The van der Waals surface area contributed by atoms with Gasteiger partial charge in [0.05, 0.1) is 0 Å². The van der Waals surface area contributed by atoms with Crippen LogP contribution < -0.4 is 5.73 Å². The van der Waals surface area contributed by atoms with E-state index in [1.54, 1.807) is 12.1 Å². The third-order valence-corrected chi connectivity index (χ3v) is 3.51. The van der Waals surface area contributed by atoms with E-state index in [2.05, 4.69) is 39.6 Å². The Balaban J connectivity index is 2.74. The second-order valence-electron chi connectivity index (χ2n) is 6.87. The smallest absolute Gasteiger partial charge is 0.132 e. The maximum atomic E-state index is 14.2. The van der Waals surface area contributed by atoms with E-state index in [9.17, 15) is 4.39 Å². The van der Waals surface area contributed by atoms with Crippen molar-refractivity contribution in [2.75, 3.05) is 5.73 Å². The lowest BCUT2D eigenvalue weighted by Gasteiger charge is -2.22. The molecule has 2 N–H and O–H groups in total. The third kappa shape index (κ3) is 2.80. The molecule has 2 rings (SSSR count). The average Bonchev–Trinajstić information content (AvgIpc) is 2.70. The van der Waals surface area contributed by atoms with Crippen LogP contribution in [-0.2, 0) is 5.41 Å². The first kappa shape index (κ1) is 15.5. The van der Waals surface area contributed by atoms with Crippen molar-refractivity contribution < 1.29 is 4.39 Å². The largest absolute Gasteiger partial charge is 0.383 e. The molecule has 3 nitrogen and oxygen atoms in total. The highest BCUT2D eigenvalue weighted by atomic mass is 19.1. The number of nitrogens with zero attached hydrogens (tertiary/aromatic N) is 2. The molecule has 0 bridgehead atoms. The van der Waals surface area contributed by atoms with Gasteiger partial charge < -0.3 is 10.3 Å². The number of rotatable bonds is 2. The van der Waals surface area contributed by atoms with Gasteiger partial charge in [-0.1, -0.05) is 32.4 Å². The molecule has 4 heteroatoms. The zero-order valence-corrected chi connectivity index (χ0v) is 13.7. The maximum absolute atomic E-state index is 14.2. The van der Waals surface area contributed by atoms with Crippen molar-refractivity contribution in [2.24, 2.45) is 0 Å². The van der Waals surface area contributed by atoms with Gasteiger partial charge in [0.1, 0.15) is 23.2 Å².